The predicted octanol–water partition coefficient (Wildman–Crippen LogP) is 1.95. The number of benzene rings is 1. The highest BCUT2D eigenvalue weighted by Gasteiger charge is 2.05. The van der Waals surface area contributed by atoms with Crippen molar-refractivity contribution in [2.24, 2.45) is 0 Å². The Morgan fingerprint density at radius 1 is 1.26 bits per heavy atom. The van der Waals surface area contributed by atoms with Gasteiger partial charge in [0.05, 0.1) is 5.56 Å². The van der Waals surface area contributed by atoms with Gasteiger partial charge < -0.3 is 10.5 Å². The topological polar surface area (TPSA) is 56.0 Å². The minimum atomic E-state index is -0.192. The number of hydrogen-bond donors (Lipinski definition) is 1. The lowest BCUT2D eigenvalue weighted by Crippen LogP contribution is -2.28. The molecule has 0 unspecified atom stereocenters. The summed E-state index contributed by atoms with van der Waals surface area (Å²) in [7, 11) is 0. The Bertz CT molecular complexity index is 570. The van der Waals surface area contributed by atoms with Gasteiger partial charge in [0.15, 0.2) is 12.4 Å². The van der Waals surface area contributed by atoms with Crippen molar-refractivity contribution in [3.05, 3.63) is 70.1 Å². The molecule has 2 rings (SSSR count). The van der Waals surface area contributed by atoms with E-state index in [1.807, 2.05) is 24.3 Å². The van der Waals surface area contributed by atoms with E-state index in [0.29, 0.717) is 28.3 Å². The van der Waals surface area contributed by atoms with Crippen molar-refractivity contribution in [2.75, 3.05) is 6.54 Å². The van der Waals surface area contributed by atoms with Crippen LogP contribution in [0.1, 0.15) is 15.9 Å². The number of aromatic nitrogens is 1. The smallest absolute Gasteiger partial charge is 0.251 e. The van der Waals surface area contributed by atoms with E-state index in [4.69, 9.17) is 11.6 Å². The number of nitrogens with one attached hydrogen (secondary N) is 1. The summed E-state index contributed by atoms with van der Waals surface area (Å²) in [5.41, 5.74) is 1.54. The van der Waals surface area contributed by atoms with Gasteiger partial charge in [0.1, 0.15) is 0 Å². The molecule has 0 aliphatic rings. The molecule has 19 heavy (non-hydrogen) atoms. The summed E-state index contributed by atoms with van der Waals surface area (Å²) in [6.07, 6.45) is 3.30. The molecule has 0 aliphatic heterocycles. The SMILES string of the molecule is O=C(NCCc1cccc(Cl)c1)c1cc[n+]([O-])cc1. The van der Waals surface area contributed by atoms with Crippen molar-refractivity contribution < 1.29 is 9.52 Å². The minimum Gasteiger partial charge on any atom is -0.619 e. The van der Waals surface area contributed by atoms with Crippen LogP contribution in [0.2, 0.25) is 5.02 Å². The maximum Gasteiger partial charge on any atom is 0.251 e. The van der Waals surface area contributed by atoms with Crippen LogP contribution in [0.5, 0.6) is 0 Å². The van der Waals surface area contributed by atoms with Crippen molar-refractivity contribution >= 4 is 17.5 Å². The number of pyridine rings is 1. The monoisotopic (exact) mass is 276 g/mol. The Morgan fingerprint density at radius 3 is 2.68 bits per heavy atom. The fourth-order valence-corrected chi connectivity index (χ4v) is 1.89. The van der Waals surface area contributed by atoms with Gasteiger partial charge in [0.25, 0.3) is 5.91 Å². The lowest BCUT2D eigenvalue weighted by atomic mass is 10.1. The number of carbonyl (C=O) groups is 1. The molecule has 4 nitrogen and oxygen atoms in total. The van der Waals surface area contributed by atoms with E-state index < -0.39 is 0 Å². The van der Waals surface area contributed by atoms with Crippen molar-refractivity contribution in [2.45, 2.75) is 6.42 Å². The highest BCUT2D eigenvalue weighted by molar-refractivity contribution is 6.30. The largest absolute Gasteiger partial charge is 0.619 e. The molecular formula is C14H13ClN2O2. The van der Waals surface area contributed by atoms with Gasteiger partial charge in [-0.3, -0.25) is 4.79 Å². The zero-order chi connectivity index (χ0) is 13.7. The first-order valence-electron chi connectivity index (χ1n) is 5.86. The second kappa shape index (κ2) is 6.20. The summed E-state index contributed by atoms with van der Waals surface area (Å²) >= 11 is 5.88. The molecule has 0 aliphatic carbocycles. The molecule has 0 saturated heterocycles. The molecule has 0 spiro atoms. The summed E-state index contributed by atoms with van der Waals surface area (Å²) in [5.74, 6) is -0.192. The fourth-order valence-electron chi connectivity index (χ4n) is 1.68. The Labute approximate surface area is 116 Å². The first-order chi connectivity index (χ1) is 9.15. The summed E-state index contributed by atoms with van der Waals surface area (Å²) in [6.45, 7) is 0.519. The summed E-state index contributed by atoms with van der Waals surface area (Å²) in [6, 6.07) is 10.5. The zero-order valence-electron chi connectivity index (χ0n) is 10.2. The Balaban J connectivity index is 1.86. The molecule has 0 fully saturated rings. The third kappa shape index (κ3) is 3.96. The first-order valence-corrected chi connectivity index (χ1v) is 6.24. The lowest BCUT2D eigenvalue weighted by molar-refractivity contribution is -0.605. The van der Waals surface area contributed by atoms with Crippen LogP contribution >= 0.6 is 11.6 Å². The van der Waals surface area contributed by atoms with Gasteiger partial charge in [-0.25, -0.2) is 0 Å². The van der Waals surface area contributed by atoms with Crippen molar-refractivity contribution in [3.8, 4) is 0 Å². The van der Waals surface area contributed by atoms with Crippen LogP contribution in [0.4, 0.5) is 0 Å². The summed E-state index contributed by atoms with van der Waals surface area (Å²) < 4.78 is 0.642. The van der Waals surface area contributed by atoms with Crippen LogP contribution in [-0.2, 0) is 6.42 Å². The molecule has 1 amide bonds. The van der Waals surface area contributed by atoms with E-state index >= 15 is 0 Å². The van der Waals surface area contributed by atoms with E-state index in [9.17, 15) is 10.0 Å². The van der Waals surface area contributed by atoms with Crippen LogP contribution in [0.25, 0.3) is 0 Å². The van der Waals surface area contributed by atoms with Gasteiger partial charge in [-0.2, -0.15) is 4.73 Å². The molecule has 1 N–H and O–H groups in total. The van der Waals surface area contributed by atoms with Crippen LogP contribution in [-0.4, -0.2) is 12.5 Å². The highest BCUT2D eigenvalue weighted by Crippen LogP contribution is 2.10. The molecule has 0 atom stereocenters. The van der Waals surface area contributed by atoms with Gasteiger partial charge in [-0.05, 0) is 24.1 Å². The molecule has 0 saturated carbocycles. The minimum absolute atomic E-state index is 0.192. The fraction of sp³-hybridized carbons (Fsp3) is 0.143. The molecule has 1 aromatic heterocycles. The van der Waals surface area contributed by atoms with Crippen LogP contribution in [0, 0.1) is 5.21 Å². The zero-order valence-corrected chi connectivity index (χ0v) is 10.9. The van der Waals surface area contributed by atoms with Crippen molar-refractivity contribution in [3.63, 3.8) is 0 Å². The van der Waals surface area contributed by atoms with Crippen LogP contribution < -0.4 is 10.0 Å². The average molecular weight is 277 g/mol. The van der Waals surface area contributed by atoms with Crippen molar-refractivity contribution in [1.29, 1.82) is 0 Å². The molecule has 2 aromatic rings. The second-order valence-electron chi connectivity index (χ2n) is 4.08. The second-order valence-corrected chi connectivity index (χ2v) is 4.52. The van der Waals surface area contributed by atoms with Gasteiger partial charge >= 0.3 is 0 Å². The van der Waals surface area contributed by atoms with E-state index in [2.05, 4.69) is 5.32 Å². The van der Waals surface area contributed by atoms with Gasteiger partial charge in [-0.1, -0.05) is 23.7 Å². The molecule has 0 bridgehead atoms. The van der Waals surface area contributed by atoms with Crippen LogP contribution in [0.3, 0.4) is 0 Å². The maximum atomic E-state index is 11.8. The van der Waals surface area contributed by atoms with E-state index in [0.717, 1.165) is 5.56 Å². The van der Waals surface area contributed by atoms with Crippen LogP contribution in [0.15, 0.2) is 48.8 Å². The molecular weight excluding hydrogens is 264 g/mol. The van der Waals surface area contributed by atoms with Gasteiger partial charge in [-0.15, -0.1) is 0 Å². The summed E-state index contributed by atoms with van der Waals surface area (Å²) in [5, 5.41) is 14.3. The number of halogens is 1. The van der Waals surface area contributed by atoms with Gasteiger partial charge in [0.2, 0.25) is 0 Å². The third-order valence-electron chi connectivity index (χ3n) is 2.65. The number of nitrogens with zero attached hydrogens (tertiary/aromatic N) is 1. The number of amides is 1. The Kier molecular flexibility index (Phi) is 4.36. The first kappa shape index (κ1) is 13.4. The lowest BCUT2D eigenvalue weighted by Gasteiger charge is -2.05. The number of rotatable bonds is 4. The Hall–Kier alpha value is -2.07. The van der Waals surface area contributed by atoms with Gasteiger partial charge in [0, 0.05) is 23.7 Å². The molecule has 98 valence electrons. The maximum absolute atomic E-state index is 11.8. The van der Waals surface area contributed by atoms with Crippen molar-refractivity contribution in [1.82, 2.24) is 5.32 Å². The molecule has 1 aromatic carbocycles. The Morgan fingerprint density at radius 2 is 2.00 bits per heavy atom. The van der Waals surface area contributed by atoms with E-state index in [1.165, 1.54) is 24.5 Å². The molecule has 0 radical (unpaired) electrons. The normalized spacial score (nSPS) is 10.2. The number of hydrogen-bond acceptors (Lipinski definition) is 2. The molecule has 1 heterocycles. The summed E-state index contributed by atoms with van der Waals surface area (Å²) in [4.78, 5) is 11.8. The third-order valence-corrected chi connectivity index (χ3v) is 2.89. The average Bonchev–Trinajstić information content (AvgIpc) is 2.39. The quantitative estimate of drug-likeness (QED) is 0.685. The predicted molar refractivity (Wildman–Crippen MR) is 72.9 cm³/mol. The van der Waals surface area contributed by atoms with E-state index in [1.54, 1.807) is 0 Å². The standard InChI is InChI=1S/C14H13ClN2O2/c15-13-3-1-2-11(10-13)4-7-16-14(18)12-5-8-17(19)9-6-12/h1-3,5-6,8-10H,4,7H2,(H,16,18). The van der Waals surface area contributed by atoms with E-state index in [-0.39, 0.29) is 5.91 Å². The highest BCUT2D eigenvalue weighted by atomic mass is 35.5. The molecule has 5 heteroatoms. The number of carbonyl (C=O) groups excluding carboxylic acids is 1.